The van der Waals surface area contributed by atoms with E-state index in [0.717, 1.165) is 0 Å². The second-order valence-corrected chi connectivity index (χ2v) is 4.14. The fourth-order valence-corrected chi connectivity index (χ4v) is 2.00. The van der Waals surface area contributed by atoms with Gasteiger partial charge in [0.15, 0.2) is 0 Å². The van der Waals surface area contributed by atoms with Crippen molar-refractivity contribution in [3.63, 3.8) is 0 Å². The third kappa shape index (κ3) is 3.55. The van der Waals surface area contributed by atoms with Crippen LogP contribution >= 0.6 is 15.9 Å². The van der Waals surface area contributed by atoms with E-state index in [-0.39, 0.29) is 5.82 Å². The van der Waals surface area contributed by atoms with E-state index in [2.05, 4.69) is 15.9 Å². The van der Waals surface area contributed by atoms with Gasteiger partial charge < -0.3 is 9.84 Å². The molecule has 84 valence electrons. The summed E-state index contributed by atoms with van der Waals surface area (Å²) in [5.74, 6) is -0.380. The minimum absolute atomic E-state index is 0.327. The number of halogens is 2. The van der Waals surface area contributed by atoms with Gasteiger partial charge in [0, 0.05) is 23.8 Å². The molecular weight excluding hydrogens is 263 g/mol. The van der Waals surface area contributed by atoms with Crippen molar-refractivity contribution in [3.8, 4) is 0 Å². The van der Waals surface area contributed by atoms with Crippen molar-refractivity contribution >= 4 is 15.9 Å². The molecule has 2 nitrogen and oxygen atoms in total. The van der Waals surface area contributed by atoms with Gasteiger partial charge in [0.05, 0.1) is 6.10 Å². The van der Waals surface area contributed by atoms with Gasteiger partial charge in [0.2, 0.25) is 0 Å². The number of rotatable bonds is 5. The molecule has 1 rings (SSSR count). The standard InChI is InChI=1S/C11H14BrFO2/c1-15-7-3-6-10(14)11-8(12)4-2-5-9(11)13/h2,4-5,10,14H,3,6-7H2,1H3. The van der Waals surface area contributed by atoms with Crippen molar-refractivity contribution in [2.24, 2.45) is 0 Å². The van der Waals surface area contributed by atoms with E-state index in [1.54, 1.807) is 19.2 Å². The number of methoxy groups -OCH3 is 1. The molecule has 0 spiro atoms. The highest BCUT2D eigenvalue weighted by Crippen LogP contribution is 2.28. The molecule has 0 bridgehead atoms. The highest BCUT2D eigenvalue weighted by Gasteiger charge is 2.15. The van der Waals surface area contributed by atoms with Crippen molar-refractivity contribution in [2.75, 3.05) is 13.7 Å². The number of ether oxygens (including phenoxy) is 1. The number of hydrogen-bond donors (Lipinski definition) is 1. The Morgan fingerprint density at radius 1 is 1.53 bits per heavy atom. The molecule has 1 atom stereocenters. The van der Waals surface area contributed by atoms with Crippen LogP contribution in [0.2, 0.25) is 0 Å². The van der Waals surface area contributed by atoms with E-state index in [9.17, 15) is 9.50 Å². The zero-order valence-corrected chi connectivity index (χ0v) is 10.1. The Labute approximate surface area is 97.2 Å². The second-order valence-electron chi connectivity index (χ2n) is 3.29. The lowest BCUT2D eigenvalue weighted by atomic mass is 10.0. The molecule has 0 heterocycles. The first-order valence-electron chi connectivity index (χ1n) is 4.77. The lowest BCUT2D eigenvalue weighted by Crippen LogP contribution is -2.03. The van der Waals surface area contributed by atoms with Crippen molar-refractivity contribution < 1.29 is 14.2 Å². The normalized spacial score (nSPS) is 12.8. The molecular formula is C11H14BrFO2. The van der Waals surface area contributed by atoms with Gasteiger partial charge in [-0.2, -0.15) is 0 Å². The summed E-state index contributed by atoms with van der Waals surface area (Å²) in [4.78, 5) is 0. The summed E-state index contributed by atoms with van der Waals surface area (Å²) < 4.78 is 18.9. The molecule has 0 fully saturated rings. The SMILES string of the molecule is COCCCC(O)c1c(F)cccc1Br. The molecule has 1 N–H and O–H groups in total. The van der Waals surface area contributed by atoms with Gasteiger partial charge in [0.1, 0.15) is 5.82 Å². The molecule has 1 aromatic rings. The molecule has 0 saturated carbocycles. The first kappa shape index (κ1) is 12.6. The number of aliphatic hydroxyl groups is 1. The van der Waals surface area contributed by atoms with E-state index < -0.39 is 6.10 Å². The summed E-state index contributed by atoms with van der Waals surface area (Å²) in [5.41, 5.74) is 0.327. The van der Waals surface area contributed by atoms with Crippen LogP contribution in [0.1, 0.15) is 24.5 Å². The van der Waals surface area contributed by atoms with Crippen molar-refractivity contribution in [2.45, 2.75) is 18.9 Å². The smallest absolute Gasteiger partial charge is 0.130 e. The fraction of sp³-hybridized carbons (Fsp3) is 0.455. The molecule has 0 aliphatic rings. The molecule has 0 amide bonds. The van der Waals surface area contributed by atoms with Crippen LogP contribution in [-0.2, 0) is 4.74 Å². The van der Waals surface area contributed by atoms with E-state index in [1.165, 1.54) is 6.07 Å². The number of hydrogen-bond acceptors (Lipinski definition) is 2. The van der Waals surface area contributed by atoms with Crippen molar-refractivity contribution in [1.29, 1.82) is 0 Å². The van der Waals surface area contributed by atoms with E-state index in [1.807, 2.05) is 0 Å². The van der Waals surface area contributed by atoms with E-state index in [0.29, 0.717) is 29.5 Å². The summed E-state index contributed by atoms with van der Waals surface area (Å²) in [6.07, 6.45) is 0.418. The highest BCUT2D eigenvalue weighted by molar-refractivity contribution is 9.10. The predicted octanol–water partition coefficient (Wildman–Crippen LogP) is 3.05. The first-order valence-corrected chi connectivity index (χ1v) is 5.57. The lowest BCUT2D eigenvalue weighted by molar-refractivity contribution is 0.133. The molecule has 15 heavy (non-hydrogen) atoms. The largest absolute Gasteiger partial charge is 0.388 e. The molecule has 0 radical (unpaired) electrons. The van der Waals surface area contributed by atoms with Gasteiger partial charge >= 0.3 is 0 Å². The molecule has 0 aliphatic heterocycles. The maximum absolute atomic E-state index is 13.4. The first-order chi connectivity index (χ1) is 7.16. The van der Waals surface area contributed by atoms with E-state index in [4.69, 9.17) is 4.74 Å². The zero-order valence-electron chi connectivity index (χ0n) is 8.54. The van der Waals surface area contributed by atoms with Crippen molar-refractivity contribution in [1.82, 2.24) is 0 Å². The highest BCUT2D eigenvalue weighted by atomic mass is 79.9. The Balaban J connectivity index is 2.68. The molecule has 1 unspecified atom stereocenters. The van der Waals surface area contributed by atoms with Crippen molar-refractivity contribution in [3.05, 3.63) is 34.1 Å². The Hall–Kier alpha value is -0.450. The van der Waals surface area contributed by atoms with Gasteiger partial charge in [-0.25, -0.2) is 4.39 Å². The Morgan fingerprint density at radius 3 is 2.87 bits per heavy atom. The molecule has 0 aliphatic carbocycles. The summed E-state index contributed by atoms with van der Waals surface area (Å²) in [6.45, 7) is 0.573. The summed E-state index contributed by atoms with van der Waals surface area (Å²) in [6, 6.07) is 4.67. The second kappa shape index (κ2) is 6.20. The monoisotopic (exact) mass is 276 g/mol. The zero-order chi connectivity index (χ0) is 11.3. The van der Waals surface area contributed by atoms with Gasteiger partial charge in [-0.1, -0.05) is 22.0 Å². The van der Waals surface area contributed by atoms with Gasteiger partial charge in [-0.05, 0) is 25.0 Å². The maximum atomic E-state index is 13.4. The fourth-order valence-electron chi connectivity index (χ4n) is 1.39. The molecule has 0 saturated heterocycles. The quantitative estimate of drug-likeness (QED) is 0.838. The predicted molar refractivity (Wildman–Crippen MR) is 60.2 cm³/mol. The average Bonchev–Trinajstić information content (AvgIpc) is 2.18. The van der Waals surface area contributed by atoms with Gasteiger partial charge in [-0.3, -0.25) is 0 Å². The van der Waals surface area contributed by atoms with Crippen LogP contribution in [0.4, 0.5) is 4.39 Å². The summed E-state index contributed by atoms with van der Waals surface area (Å²) in [5, 5.41) is 9.78. The van der Waals surface area contributed by atoms with Gasteiger partial charge in [-0.15, -0.1) is 0 Å². The molecule has 0 aromatic heterocycles. The van der Waals surface area contributed by atoms with Crippen LogP contribution < -0.4 is 0 Å². The van der Waals surface area contributed by atoms with Crippen LogP contribution in [0.5, 0.6) is 0 Å². The minimum Gasteiger partial charge on any atom is -0.388 e. The van der Waals surface area contributed by atoms with Crippen LogP contribution in [0, 0.1) is 5.82 Å². The summed E-state index contributed by atoms with van der Waals surface area (Å²) in [7, 11) is 1.60. The number of benzene rings is 1. The Bertz CT molecular complexity index is 297. The van der Waals surface area contributed by atoms with Crippen LogP contribution in [0.15, 0.2) is 22.7 Å². The summed E-state index contributed by atoms with van der Waals surface area (Å²) >= 11 is 3.23. The molecule has 1 aromatic carbocycles. The third-order valence-electron chi connectivity index (χ3n) is 2.16. The molecule has 4 heteroatoms. The van der Waals surface area contributed by atoms with Crippen LogP contribution in [-0.4, -0.2) is 18.8 Å². The van der Waals surface area contributed by atoms with Gasteiger partial charge in [0.25, 0.3) is 0 Å². The average molecular weight is 277 g/mol. The van der Waals surface area contributed by atoms with Crippen LogP contribution in [0.25, 0.3) is 0 Å². The third-order valence-corrected chi connectivity index (χ3v) is 2.85. The van der Waals surface area contributed by atoms with E-state index >= 15 is 0 Å². The maximum Gasteiger partial charge on any atom is 0.130 e. The van der Waals surface area contributed by atoms with Crippen LogP contribution in [0.3, 0.4) is 0 Å². The lowest BCUT2D eigenvalue weighted by Gasteiger charge is -2.13. The minimum atomic E-state index is -0.782. The Morgan fingerprint density at radius 2 is 2.27 bits per heavy atom. The topological polar surface area (TPSA) is 29.5 Å². The number of aliphatic hydroxyl groups excluding tert-OH is 1. The Kier molecular flexibility index (Phi) is 5.22.